The maximum Gasteiger partial charge on any atom is 0.311 e. The predicted octanol–water partition coefficient (Wildman–Crippen LogP) is 1.06. The summed E-state index contributed by atoms with van der Waals surface area (Å²) >= 11 is 0. The number of aromatic hydroxyl groups is 1. The van der Waals surface area contributed by atoms with Gasteiger partial charge in [-0.1, -0.05) is 0 Å². The third kappa shape index (κ3) is 1.71. The number of rotatable bonds is 2. The van der Waals surface area contributed by atoms with Gasteiger partial charge in [0.15, 0.2) is 0 Å². The summed E-state index contributed by atoms with van der Waals surface area (Å²) in [4.78, 5) is 15.4. The molecule has 5 heteroatoms. The van der Waals surface area contributed by atoms with Crippen LogP contribution >= 0.6 is 0 Å². The van der Waals surface area contributed by atoms with Gasteiger partial charge in [0.25, 0.3) is 0 Å². The van der Waals surface area contributed by atoms with E-state index in [0.29, 0.717) is 11.3 Å². The van der Waals surface area contributed by atoms with E-state index in [1.165, 1.54) is 7.11 Å². The van der Waals surface area contributed by atoms with Gasteiger partial charge < -0.3 is 14.2 Å². The fraction of sp³-hybridized carbons (Fsp3) is 0.273. The van der Waals surface area contributed by atoms with Crippen molar-refractivity contribution in [1.82, 2.24) is 9.38 Å². The number of carbonyl (C=O) groups excluding carboxylic acids is 1. The van der Waals surface area contributed by atoms with Gasteiger partial charge in [0.2, 0.25) is 0 Å². The average Bonchev–Trinajstić information content (AvgIpc) is 2.55. The molecule has 0 radical (unpaired) electrons. The van der Waals surface area contributed by atoms with Crippen molar-refractivity contribution in [2.24, 2.45) is 0 Å². The molecule has 1 N–H and O–H groups in total. The Balaban J connectivity index is 2.47. The molecule has 0 aliphatic heterocycles. The lowest BCUT2D eigenvalue weighted by Gasteiger charge is -1.98. The molecule has 0 aliphatic rings. The maximum atomic E-state index is 11.2. The molecule has 2 heterocycles. The number of nitrogens with zero attached hydrogens (tertiary/aromatic N) is 2. The highest BCUT2D eigenvalue weighted by molar-refractivity contribution is 5.72. The van der Waals surface area contributed by atoms with Crippen LogP contribution in [0.5, 0.6) is 5.75 Å². The minimum Gasteiger partial charge on any atom is -0.508 e. The normalized spacial score (nSPS) is 10.6. The number of carbonyl (C=O) groups is 1. The van der Waals surface area contributed by atoms with Crippen LogP contribution in [0.15, 0.2) is 18.3 Å². The number of hydrogen-bond acceptors (Lipinski definition) is 4. The van der Waals surface area contributed by atoms with Crippen LogP contribution in [0, 0.1) is 6.92 Å². The van der Waals surface area contributed by atoms with Crippen LogP contribution in [-0.4, -0.2) is 27.6 Å². The fourth-order valence-corrected chi connectivity index (χ4v) is 1.58. The summed E-state index contributed by atoms with van der Waals surface area (Å²) in [6, 6.07) is 3.12. The number of aromatic nitrogens is 2. The molecule has 0 unspecified atom stereocenters. The lowest BCUT2D eigenvalue weighted by atomic mass is 10.2. The van der Waals surface area contributed by atoms with Crippen LogP contribution in [0.4, 0.5) is 0 Å². The molecule has 16 heavy (non-hydrogen) atoms. The summed E-state index contributed by atoms with van der Waals surface area (Å²) < 4.78 is 6.41. The molecule has 0 atom stereocenters. The molecule has 2 aromatic heterocycles. The van der Waals surface area contributed by atoms with Crippen LogP contribution < -0.4 is 0 Å². The van der Waals surface area contributed by atoms with Crippen molar-refractivity contribution in [3.63, 3.8) is 0 Å². The van der Waals surface area contributed by atoms with Crippen molar-refractivity contribution < 1.29 is 14.6 Å². The highest BCUT2D eigenvalue weighted by Crippen LogP contribution is 2.17. The summed E-state index contributed by atoms with van der Waals surface area (Å²) in [5, 5.41) is 9.31. The number of pyridine rings is 1. The van der Waals surface area contributed by atoms with Gasteiger partial charge in [-0.05, 0) is 13.0 Å². The van der Waals surface area contributed by atoms with E-state index in [0.717, 1.165) is 5.69 Å². The van der Waals surface area contributed by atoms with Crippen molar-refractivity contribution in [1.29, 1.82) is 0 Å². The van der Waals surface area contributed by atoms with E-state index in [1.807, 2.05) is 11.3 Å². The van der Waals surface area contributed by atoms with Gasteiger partial charge in [0.1, 0.15) is 11.4 Å². The summed E-state index contributed by atoms with van der Waals surface area (Å²) in [6.07, 6.45) is 1.86. The summed E-state index contributed by atoms with van der Waals surface area (Å²) in [6.45, 7) is 1.87. The molecule has 0 aliphatic carbocycles. The first kappa shape index (κ1) is 10.5. The van der Waals surface area contributed by atoms with E-state index in [1.54, 1.807) is 18.3 Å². The summed E-state index contributed by atoms with van der Waals surface area (Å²) in [5.41, 5.74) is 2.16. The zero-order chi connectivity index (χ0) is 11.7. The number of hydrogen-bond donors (Lipinski definition) is 1. The third-order valence-corrected chi connectivity index (χ3v) is 2.49. The lowest BCUT2D eigenvalue weighted by molar-refractivity contribution is -0.139. The van der Waals surface area contributed by atoms with Crippen LogP contribution in [0.1, 0.15) is 11.4 Å². The maximum absolute atomic E-state index is 11.2. The summed E-state index contributed by atoms with van der Waals surface area (Å²) in [7, 11) is 1.35. The zero-order valence-electron chi connectivity index (χ0n) is 9.10. The van der Waals surface area contributed by atoms with Crippen LogP contribution in [0.3, 0.4) is 0 Å². The van der Waals surface area contributed by atoms with Crippen molar-refractivity contribution in [2.45, 2.75) is 13.3 Å². The minimum atomic E-state index is -0.323. The predicted molar refractivity (Wildman–Crippen MR) is 57.3 cm³/mol. The Kier molecular flexibility index (Phi) is 2.52. The zero-order valence-corrected chi connectivity index (χ0v) is 9.10. The first-order valence-electron chi connectivity index (χ1n) is 4.85. The van der Waals surface area contributed by atoms with Gasteiger partial charge in [-0.15, -0.1) is 0 Å². The monoisotopic (exact) mass is 220 g/mol. The van der Waals surface area contributed by atoms with Crippen LogP contribution in [0.25, 0.3) is 5.65 Å². The van der Waals surface area contributed by atoms with E-state index in [9.17, 15) is 9.90 Å². The van der Waals surface area contributed by atoms with Gasteiger partial charge in [-0.2, -0.15) is 0 Å². The molecule has 84 valence electrons. The number of fused-ring (bicyclic) bond motifs is 1. The Labute approximate surface area is 92.3 Å². The minimum absolute atomic E-state index is 0.144. The Morgan fingerprint density at radius 2 is 2.38 bits per heavy atom. The van der Waals surface area contributed by atoms with E-state index >= 15 is 0 Å². The highest BCUT2D eigenvalue weighted by Gasteiger charge is 2.12. The first-order chi connectivity index (χ1) is 7.61. The van der Waals surface area contributed by atoms with E-state index in [4.69, 9.17) is 0 Å². The van der Waals surface area contributed by atoms with Crippen LogP contribution in [0.2, 0.25) is 0 Å². The second kappa shape index (κ2) is 3.84. The van der Waals surface area contributed by atoms with Crippen molar-refractivity contribution >= 4 is 11.6 Å². The number of methoxy groups -OCH3 is 1. The molecule has 2 rings (SSSR count). The fourth-order valence-electron chi connectivity index (χ4n) is 1.58. The molecule has 0 saturated carbocycles. The lowest BCUT2D eigenvalue weighted by Crippen LogP contribution is -2.05. The van der Waals surface area contributed by atoms with Crippen LogP contribution in [-0.2, 0) is 16.0 Å². The van der Waals surface area contributed by atoms with Crippen molar-refractivity contribution in [3.8, 4) is 5.75 Å². The molecule has 5 nitrogen and oxygen atoms in total. The smallest absolute Gasteiger partial charge is 0.311 e. The molecule has 0 spiro atoms. The third-order valence-electron chi connectivity index (χ3n) is 2.49. The number of ether oxygens (including phenoxy) is 1. The standard InChI is InChI=1S/C11H12N2O3/c1-7-9(6-11(15)16-2)12-10-5-8(14)3-4-13(7)10/h3-5,14H,6H2,1-2H3. The Morgan fingerprint density at radius 3 is 3.06 bits per heavy atom. The van der Waals surface area contributed by atoms with E-state index in [2.05, 4.69) is 9.72 Å². The number of aryl methyl sites for hydroxylation is 1. The topological polar surface area (TPSA) is 63.8 Å². The first-order valence-corrected chi connectivity index (χ1v) is 4.85. The molecule has 2 aromatic rings. The van der Waals surface area contributed by atoms with E-state index in [-0.39, 0.29) is 18.1 Å². The van der Waals surface area contributed by atoms with Gasteiger partial charge in [-0.3, -0.25) is 4.79 Å². The highest BCUT2D eigenvalue weighted by atomic mass is 16.5. The largest absolute Gasteiger partial charge is 0.508 e. The van der Waals surface area contributed by atoms with Gasteiger partial charge >= 0.3 is 5.97 Å². The van der Waals surface area contributed by atoms with Gasteiger partial charge in [0, 0.05) is 18.0 Å². The molecule has 0 bridgehead atoms. The Hall–Kier alpha value is -2.04. The molecular formula is C11H12N2O3. The second-order valence-electron chi connectivity index (χ2n) is 3.51. The SMILES string of the molecule is COC(=O)Cc1nc2cc(O)ccn2c1C. The average molecular weight is 220 g/mol. The number of imidazole rings is 1. The summed E-state index contributed by atoms with van der Waals surface area (Å²) in [5.74, 6) is -0.169. The van der Waals surface area contributed by atoms with E-state index < -0.39 is 0 Å². The van der Waals surface area contributed by atoms with Crippen molar-refractivity contribution in [2.75, 3.05) is 7.11 Å². The number of esters is 1. The molecule has 0 saturated heterocycles. The Morgan fingerprint density at radius 1 is 1.62 bits per heavy atom. The molecule has 0 aromatic carbocycles. The molecule has 0 fully saturated rings. The van der Waals surface area contributed by atoms with Gasteiger partial charge in [-0.25, -0.2) is 4.98 Å². The van der Waals surface area contributed by atoms with Crippen molar-refractivity contribution in [3.05, 3.63) is 29.7 Å². The second-order valence-corrected chi connectivity index (χ2v) is 3.51. The molecule has 0 amide bonds. The molecular weight excluding hydrogens is 208 g/mol. The Bertz CT molecular complexity index is 545. The van der Waals surface area contributed by atoms with Gasteiger partial charge in [0.05, 0.1) is 19.2 Å². The quantitative estimate of drug-likeness (QED) is 0.769.